The lowest BCUT2D eigenvalue weighted by atomic mass is 9.85. The monoisotopic (exact) mass is 566 g/mol. The number of ether oxygens (including phenoxy) is 1. The molecule has 0 radical (unpaired) electrons. The third kappa shape index (κ3) is 4.79. The molecule has 2 amide bonds. The van der Waals surface area contributed by atoms with Crippen LogP contribution in [-0.4, -0.2) is 75.9 Å². The van der Waals surface area contributed by atoms with Crippen LogP contribution in [0, 0.1) is 6.92 Å². The molecule has 2 aliphatic rings. The molecule has 3 heterocycles. The maximum atomic E-state index is 14.4. The molecule has 3 aromatic carbocycles. The number of aromatic amines is 1. The molecular formula is C34H38N4O4. The van der Waals surface area contributed by atoms with Gasteiger partial charge in [-0.1, -0.05) is 55.5 Å². The first kappa shape index (κ1) is 27.8. The number of benzene rings is 3. The fraction of sp³-hybridized carbons (Fsp3) is 0.353. The minimum absolute atomic E-state index is 0.0163. The number of amides is 2. The number of carbonyl (C=O) groups excluding carboxylic acids is 2. The number of hydrogen-bond acceptors (Lipinski definition) is 5. The van der Waals surface area contributed by atoms with Gasteiger partial charge in [0, 0.05) is 42.1 Å². The molecule has 1 fully saturated rings. The Kier molecular flexibility index (Phi) is 7.41. The van der Waals surface area contributed by atoms with Gasteiger partial charge < -0.3 is 29.5 Å². The summed E-state index contributed by atoms with van der Waals surface area (Å²) in [5.74, 6) is 0.254. The van der Waals surface area contributed by atoms with Crippen molar-refractivity contribution < 1.29 is 19.4 Å². The van der Waals surface area contributed by atoms with Crippen LogP contribution in [0.25, 0.3) is 10.9 Å². The summed E-state index contributed by atoms with van der Waals surface area (Å²) in [6.45, 7) is 5.68. The van der Waals surface area contributed by atoms with Gasteiger partial charge in [-0.15, -0.1) is 0 Å². The van der Waals surface area contributed by atoms with Crippen molar-refractivity contribution >= 4 is 22.7 Å². The molecule has 42 heavy (non-hydrogen) atoms. The van der Waals surface area contributed by atoms with Gasteiger partial charge in [0.2, 0.25) is 11.8 Å². The maximum absolute atomic E-state index is 14.4. The van der Waals surface area contributed by atoms with E-state index >= 15 is 0 Å². The van der Waals surface area contributed by atoms with Gasteiger partial charge in [0.15, 0.2) is 11.5 Å². The largest absolute Gasteiger partial charge is 0.504 e. The molecule has 2 aliphatic heterocycles. The van der Waals surface area contributed by atoms with Gasteiger partial charge in [0.05, 0.1) is 13.2 Å². The Morgan fingerprint density at radius 2 is 1.86 bits per heavy atom. The molecule has 4 aromatic rings. The fourth-order valence-electron chi connectivity index (χ4n) is 6.76. The van der Waals surface area contributed by atoms with Gasteiger partial charge in [-0.2, -0.15) is 0 Å². The number of aryl methyl sites for hydroxylation is 1. The number of phenols is 1. The Morgan fingerprint density at radius 1 is 1.10 bits per heavy atom. The molecule has 6 rings (SSSR count). The number of hydrogen-bond donors (Lipinski definition) is 2. The van der Waals surface area contributed by atoms with Crippen molar-refractivity contribution in [1.82, 2.24) is 19.7 Å². The highest BCUT2D eigenvalue weighted by atomic mass is 16.5. The highest BCUT2D eigenvalue weighted by Gasteiger charge is 2.49. The average molecular weight is 567 g/mol. The van der Waals surface area contributed by atoms with Crippen molar-refractivity contribution in [2.24, 2.45) is 0 Å². The predicted molar refractivity (Wildman–Crippen MR) is 162 cm³/mol. The van der Waals surface area contributed by atoms with Gasteiger partial charge in [-0.3, -0.25) is 9.59 Å². The van der Waals surface area contributed by atoms with Crippen LogP contribution < -0.4 is 4.74 Å². The third-order valence-electron chi connectivity index (χ3n) is 8.95. The zero-order valence-electron chi connectivity index (χ0n) is 24.6. The normalized spacial score (nSPS) is 19.3. The highest BCUT2D eigenvalue weighted by molar-refractivity contribution is 5.98. The number of phenolic OH excluding ortho intramolecular Hbond substituents is 1. The lowest BCUT2D eigenvalue weighted by molar-refractivity contribution is -0.161. The van der Waals surface area contributed by atoms with E-state index in [1.54, 1.807) is 23.1 Å². The molecule has 1 aromatic heterocycles. The smallest absolute Gasteiger partial charge is 0.246 e. The number of para-hydroxylation sites is 1. The minimum atomic E-state index is -0.626. The summed E-state index contributed by atoms with van der Waals surface area (Å²) in [6.07, 6.45) is 1.20. The number of likely N-dealkylation sites (N-methyl/N-ethyl adjacent to an activating group) is 1. The number of piperazine rings is 1. The summed E-state index contributed by atoms with van der Waals surface area (Å²) in [7, 11) is 3.58. The number of rotatable bonds is 8. The summed E-state index contributed by atoms with van der Waals surface area (Å²) in [5, 5.41) is 11.4. The number of nitrogens with zero attached hydrogens (tertiary/aromatic N) is 3. The van der Waals surface area contributed by atoms with E-state index in [-0.39, 0.29) is 30.2 Å². The molecule has 8 nitrogen and oxygen atoms in total. The van der Waals surface area contributed by atoms with E-state index in [1.807, 2.05) is 29.2 Å². The summed E-state index contributed by atoms with van der Waals surface area (Å²) in [6, 6.07) is 20.3. The maximum Gasteiger partial charge on any atom is 0.246 e. The zero-order chi connectivity index (χ0) is 29.5. The van der Waals surface area contributed by atoms with Crippen LogP contribution in [0.2, 0.25) is 0 Å². The molecular weight excluding hydrogens is 528 g/mol. The van der Waals surface area contributed by atoms with Crippen LogP contribution in [0.5, 0.6) is 11.5 Å². The number of fused-ring (bicyclic) bond motifs is 4. The number of aromatic nitrogens is 1. The SMILES string of the molecule is CCC(CN(C)Cc1ccccc1C)N1CC(=O)N2C(Cc3c([nH]c4ccccc34)C2c2ccc(O)c(OC)c2)C1=O. The lowest BCUT2D eigenvalue weighted by Gasteiger charge is -2.49. The summed E-state index contributed by atoms with van der Waals surface area (Å²) < 4.78 is 5.41. The summed E-state index contributed by atoms with van der Waals surface area (Å²) in [4.78, 5) is 37.8. The predicted octanol–water partition coefficient (Wildman–Crippen LogP) is 4.79. The first-order valence-electron chi connectivity index (χ1n) is 14.6. The highest BCUT2D eigenvalue weighted by Crippen LogP contribution is 2.44. The Bertz CT molecular complexity index is 1650. The van der Waals surface area contributed by atoms with Gasteiger partial charge in [0.25, 0.3) is 0 Å². The molecule has 2 N–H and O–H groups in total. The van der Waals surface area contributed by atoms with E-state index in [1.165, 1.54) is 18.2 Å². The van der Waals surface area contributed by atoms with Gasteiger partial charge in [-0.05, 0) is 60.8 Å². The van der Waals surface area contributed by atoms with Crippen molar-refractivity contribution in [2.75, 3.05) is 27.2 Å². The molecule has 0 aliphatic carbocycles. The minimum Gasteiger partial charge on any atom is -0.504 e. The third-order valence-corrected chi connectivity index (χ3v) is 8.95. The molecule has 3 atom stereocenters. The molecule has 1 saturated heterocycles. The molecule has 0 saturated carbocycles. The Balaban J connectivity index is 1.35. The van der Waals surface area contributed by atoms with Crippen LogP contribution in [0.4, 0.5) is 0 Å². The van der Waals surface area contributed by atoms with E-state index in [2.05, 4.69) is 55.0 Å². The van der Waals surface area contributed by atoms with Crippen molar-refractivity contribution in [3.05, 3.63) is 94.7 Å². The standard InChI is InChI=1S/C34H38N4O4/c1-5-24(19-36(3)18-23-11-7-6-10-21(23)2)37-20-31(40)38-28(34(37)41)17-26-25-12-8-9-13-27(25)35-32(26)33(38)22-14-15-29(39)30(16-22)42-4/h6-16,24,28,33,35,39H,5,17-20H2,1-4H3. The van der Waals surface area contributed by atoms with E-state index in [4.69, 9.17) is 4.74 Å². The topological polar surface area (TPSA) is 89.1 Å². The number of methoxy groups -OCH3 is 1. The number of H-pyrrole nitrogens is 1. The van der Waals surface area contributed by atoms with E-state index in [0.717, 1.165) is 40.7 Å². The van der Waals surface area contributed by atoms with Crippen LogP contribution in [0.1, 0.15) is 47.3 Å². The lowest BCUT2D eigenvalue weighted by Crippen LogP contribution is -2.65. The first-order valence-corrected chi connectivity index (χ1v) is 14.6. The van der Waals surface area contributed by atoms with Crippen molar-refractivity contribution in [3.63, 3.8) is 0 Å². The first-order chi connectivity index (χ1) is 20.3. The van der Waals surface area contributed by atoms with Crippen molar-refractivity contribution in [1.29, 1.82) is 0 Å². The molecule has 218 valence electrons. The number of carbonyl (C=O) groups is 2. The van der Waals surface area contributed by atoms with E-state index in [9.17, 15) is 14.7 Å². The van der Waals surface area contributed by atoms with Crippen LogP contribution in [0.15, 0.2) is 66.7 Å². The quantitative estimate of drug-likeness (QED) is 0.320. The van der Waals surface area contributed by atoms with Gasteiger partial charge >= 0.3 is 0 Å². The second kappa shape index (κ2) is 11.2. The second-order valence-electron chi connectivity index (χ2n) is 11.6. The Morgan fingerprint density at radius 3 is 2.62 bits per heavy atom. The fourth-order valence-corrected chi connectivity index (χ4v) is 6.76. The second-order valence-corrected chi connectivity index (χ2v) is 11.6. The number of nitrogens with one attached hydrogen (secondary N) is 1. The van der Waals surface area contributed by atoms with Gasteiger partial charge in [-0.25, -0.2) is 0 Å². The van der Waals surface area contributed by atoms with Crippen LogP contribution in [-0.2, 0) is 22.6 Å². The zero-order valence-corrected chi connectivity index (χ0v) is 24.6. The van der Waals surface area contributed by atoms with Crippen LogP contribution >= 0.6 is 0 Å². The molecule has 3 unspecified atom stereocenters. The van der Waals surface area contributed by atoms with Crippen LogP contribution in [0.3, 0.4) is 0 Å². The van der Waals surface area contributed by atoms with Crippen molar-refractivity contribution in [2.45, 2.75) is 51.4 Å². The molecule has 0 bridgehead atoms. The van der Waals surface area contributed by atoms with E-state index < -0.39 is 12.1 Å². The summed E-state index contributed by atoms with van der Waals surface area (Å²) in [5.41, 5.74) is 6.21. The number of aromatic hydroxyl groups is 1. The van der Waals surface area contributed by atoms with Gasteiger partial charge in [0.1, 0.15) is 12.6 Å². The average Bonchev–Trinajstić information content (AvgIpc) is 3.37. The summed E-state index contributed by atoms with van der Waals surface area (Å²) >= 11 is 0. The van der Waals surface area contributed by atoms with E-state index in [0.29, 0.717) is 18.7 Å². The molecule has 0 spiro atoms. The Hall–Kier alpha value is -4.30. The molecule has 8 heteroatoms. The Labute approximate surface area is 246 Å². The van der Waals surface area contributed by atoms with Crippen molar-refractivity contribution in [3.8, 4) is 11.5 Å².